The molecule has 0 fully saturated rings. The number of nitrogens with zero attached hydrogens (tertiary/aromatic N) is 1. The highest BCUT2D eigenvalue weighted by Crippen LogP contribution is 2.23. The number of hydrogen-bond acceptors (Lipinski definition) is 3. The van der Waals surface area contributed by atoms with Crippen molar-refractivity contribution in [2.45, 2.75) is 26.8 Å². The molecule has 1 atom stereocenters. The standard InChI is InChI=1S/C12H18BrNOS/c1-4-12(2,9-15)8-14(3)6-10-5-11(13)16-7-10/h5,7,9H,4,6,8H2,1-3H3. The molecule has 0 saturated carbocycles. The smallest absolute Gasteiger partial charge is 0.127 e. The number of halogens is 1. The van der Waals surface area contributed by atoms with Crippen LogP contribution in [0.4, 0.5) is 0 Å². The predicted molar refractivity (Wildman–Crippen MR) is 72.8 cm³/mol. The van der Waals surface area contributed by atoms with E-state index in [9.17, 15) is 4.79 Å². The fraction of sp³-hybridized carbons (Fsp3) is 0.583. The molecule has 0 aliphatic heterocycles. The average molecular weight is 304 g/mol. The first-order valence-electron chi connectivity index (χ1n) is 5.37. The summed E-state index contributed by atoms with van der Waals surface area (Å²) in [5.74, 6) is 0. The van der Waals surface area contributed by atoms with Gasteiger partial charge in [-0.25, -0.2) is 0 Å². The van der Waals surface area contributed by atoms with Gasteiger partial charge in [0.1, 0.15) is 6.29 Å². The zero-order chi connectivity index (χ0) is 12.2. The quantitative estimate of drug-likeness (QED) is 0.749. The van der Waals surface area contributed by atoms with Crippen molar-refractivity contribution in [3.05, 3.63) is 20.8 Å². The Hall–Kier alpha value is -0.190. The fourth-order valence-corrected chi connectivity index (χ4v) is 2.85. The lowest BCUT2D eigenvalue weighted by molar-refractivity contribution is -0.116. The minimum atomic E-state index is -0.220. The zero-order valence-electron chi connectivity index (χ0n) is 10.00. The minimum absolute atomic E-state index is 0.220. The van der Waals surface area contributed by atoms with E-state index < -0.39 is 0 Å². The van der Waals surface area contributed by atoms with Crippen molar-refractivity contribution in [3.63, 3.8) is 0 Å². The van der Waals surface area contributed by atoms with Crippen molar-refractivity contribution < 1.29 is 4.79 Å². The lowest BCUT2D eigenvalue weighted by Gasteiger charge is -2.27. The van der Waals surface area contributed by atoms with Crippen LogP contribution in [0.2, 0.25) is 0 Å². The molecule has 0 aliphatic carbocycles. The van der Waals surface area contributed by atoms with Crippen LogP contribution in [-0.4, -0.2) is 24.8 Å². The van der Waals surface area contributed by atoms with E-state index in [0.29, 0.717) is 0 Å². The Bertz CT molecular complexity index is 353. The van der Waals surface area contributed by atoms with Gasteiger partial charge in [-0.2, -0.15) is 0 Å². The molecule has 90 valence electrons. The van der Waals surface area contributed by atoms with Gasteiger partial charge in [0, 0.05) is 18.5 Å². The Morgan fingerprint density at radius 2 is 2.31 bits per heavy atom. The number of thiophene rings is 1. The third kappa shape index (κ3) is 4.00. The van der Waals surface area contributed by atoms with Crippen molar-refractivity contribution in [2.75, 3.05) is 13.6 Å². The number of hydrogen-bond donors (Lipinski definition) is 0. The lowest BCUT2D eigenvalue weighted by atomic mass is 9.89. The van der Waals surface area contributed by atoms with Crippen LogP contribution in [0.1, 0.15) is 25.8 Å². The SMILES string of the molecule is CCC(C)(C=O)CN(C)Cc1csc(Br)c1. The van der Waals surface area contributed by atoms with E-state index in [0.717, 1.165) is 29.6 Å². The summed E-state index contributed by atoms with van der Waals surface area (Å²) in [6.45, 7) is 5.77. The molecule has 2 nitrogen and oxygen atoms in total. The highest BCUT2D eigenvalue weighted by Gasteiger charge is 2.23. The first kappa shape index (κ1) is 13.9. The van der Waals surface area contributed by atoms with Gasteiger partial charge < -0.3 is 9.69 Å². The van der Waals surface area contributed by atoms with Crippen LogP contribution < -0.4 is 0 Å². The zero-order valence-corrected chi connectivity index (χ0v) is 12.4. The van der Waals surface area contributed by atoms with Gasteiger partial charge in [0.05, 0.1) is 3.79 Å². The maximum atomic E-state index is 11.0. The number of carbonyl (C=O) groups is 1. The summed E-state index contributed by atoms with van der Waals surface area (Å²) >= 11 is 5.15. The van der Waals surface area contributed by atoms with Gasteiger partial charge in [0.15, 0.2) is 0 Å². The van der Waals surface area contributed by atoms with E-state index in [1.807, 2.05) is 6.92 Å². The molecular formula is C12H18BrNOS. The van der Waals surface area contributed by atoms with Crippen LogP contribution >= 0.6 is 27.3 Å². The summed E-state index contributed by atoms with van der Waals surface area (Å²) in [5.41, 5.74) is 1.07. The summed E-state index contributed by atoms with van der Waals surface area (Å²) in [7, 11) is 2.06. The van der Waals surface area contributed by atoms with Crippen molar-refractivity contribution in [1.82, 2.24) is 4.90 Å². The van der Waals surface area contributed by atoms with Gasteiger partial charge in [-0.3, -0.25) is 0 Å². The molecule has 0 bridgehead atoms. The van der Waals surface area contributed by atoms with Crippen LogP contribution in [0, 0.1) is 5.41 Å². The van der Waals surface area contributed by atoms with E-state index >= 15 is 0 Å². The number of rotatable bonds is 6. The molecule has 1 unspecified atom stereocenters. The highest BCUT2D eigenvalue weighted by atomic mass is 79.9. The summed E-state index contributed by atoms with van der Waals surface area (Å²) in [5, 5.41) is 2.14. The van der Waals surface area contributed by atoms with Gasteiger partial charge in [-0.05, 0) is 46.4 Å². The van der Waals surface area contributed by atoms with Crippen LogP contribution in [0.3, 0.4) is 0 Å². The topological polar surface area (TPSA) is 20.3 Å². The van der Waals surface area contributed by atoms with Gasteiger partial charge in [0.25, 0.3) is 0 Å². The number of carbonyl (C=O) groups excluding carboxylic acids is 1. The van der Waals surface area contributed by atoms with E-state index in [2.05, 4.69) is 46.2 Å². The second-order valence-electron chi connectivity index (χ2n) is 4.56. The van der Waals surface area contributed by atoms with Gasteiger partial charge in [-0.15, -0.1) is 11.3 Å². The molecule has 0 spiro atoms. The maximum Gasteiger partial charge on any atom is 0.127 e. The summed E-state index contributed by atoms with van der Waals surface area (Å²) in [6.07, 6.45) is 1.96. The lowest BCUT2D eigenvalue weighted by Crippen LogP contribution is -2.33. The van der Waals surface area contributed by atoms with E-state index in [-0.39, 0.29) is 5.41 Å². The molecule has 0 radical (unpaired) electrons. The normalized spacial score (nSPS) is 15.1. The first-order valence-corrected chi connectivity index (χ1v) is 7.04. The molecule has 0 aromatic carbocycles. The third-order valence-electron chi connectivity index (χ3n) is 2.80. The Kier molecular flexibility index (Phi) is 5.15. The van der Waals surface area contributed by atoms with Crippen molar-refractivity contribution in [3.8, 4) is 0 Å². The van der Waals surface area contributed by atoms with Gasteiger partial charge in [-0.1, -0.05) is 13.8 Å². The minimum Gasteiger partial charge on any atom is -0.303 e. The van der Waals surface area contributed by atoms with Crippen LogP contribution in [0.15, 0.2) is 15.2 Å². The highest BCUT2D eigenvalue weighted by molar-refractivity contribution is 9.11. The monoisotopic (exact) mass is 303 g/mol. The summed E-state index contributed by atoms with van der Waals surface area (Å²) in [6, 6.07) is 2.13. The Balaban J connectivity index is 2.53. The van der Waals surface area contributed by atoms with Gasteiger partial charge >= 0.3 is 0 Å². The molecular weight excluding hydrogens is 286 g/mol. The molecule has 16 heavy (non-hydrogen) atoms. The molecule has 0 saturated heterocycles. The second kappa shape index (κ2) is 5.94. The predicted octanol–water partition coefficient (Wildman–Crippen LogP) is 3.56. The van der Waals surface area contributed by atoms with Gasteiger partial charge in [0.2, 0.25) is 0 Å². The summed E-state index contributed by atoms with van der Waals surface area (Å²) in [4.78, 5) is 13.2. The average Bonchev–Trinajstić information content (AvgIpc) is 2.63. The van der Waals surface area contributed by atoms with E-state index in [1.54, 1.807) is 11.3 Å². The molecule has 1 aromatic rings. The fourth-order valence-electron chi connectivity index (χ4n) is 1.65. The maximum absolute atomic E-state index is 11.0. The molecule has 0 aliphatic rings. The molecule has 4 heteroatoms. The van der Waals surface area contributed by atoms with Crippen molar-refractivity contribution in [1.29, 1.82) is 0 Å². The van der Waals surface area contributed by atoms with E-state index in [1.165, 1.54) is 5.56 Å². The first-order chi connectivity index (χ1) is 7.49. The van der Waals surface area contributed by atoms with Crippen LogP contribution in [-0.2, 0) is 11.3 Å². The third-order valence-corrected chi connectivity index (χ3v) is 4.35. The van der Waals surface area contributed by atoms with Crippen LogP contribution in [0.5, 0.6) is 0 Å². The summed E-state index contributed by atoms with van der Waals surface area (Å²) < 4.78 is 1.16. The largest absolute Gasteiger partial charge is 0.303 e. The number of aldehydes is 1. The van der Waals surface area contributed by atoms with E-state index in [4.69, 9.17) is 0 Å². The molecule has 0 amide bonds. The molecule has 0 N–H and O–H groups in total. The Morgan fingerprint density at radius 1 is 1.62 bits per heavy atom. The molecule has 1 heterocycles. The Labute approximate surface area is 110 Å². The molecule has 1 aromatic heterocycles. The van der Waals surface area contributed by atoms with Crippen LogP contribution in [0.25, 0.3) is 0 Å². The van der Waals surface area contributed by atoms with Crippen molar-refractivity contribution in [2.24, 2.45) is 5.41 Å². The van der Waals surface area contributed by atoms with Crippen molar-refractivity contribution >= 4 is 33.6 Å². The molecule has 1 rings (SSSR count). The Morgan fingerprint density at radius 3 is 2.75 bits per heavy atom. The second-order valence-corrected chi connectivity index (χ2v) is 6.85.